The van der Waals surface area contributed by atoms with Crippen LogP contribution in [0.25, 0.3) is 0 Å². The number of nitrogens with zero attached hydrogens (tertiary/aromatic N) is 1. The average molecular weight is 302 g/mol. The number of carbonyl (C=O) groups is 1. The van der Waals surface area contributed by atoms with Gasteiger partial charge in [-0.25, -0.2) is 5.43 Å². The Hall–Kier alpha value is -1.84. The first-order valence-corrected chi connectivity index (χ1v) is 7.93. The van der Waals surface area contributed by atoms with Crippen LogP contribution in [0, 0.1) is 18.3 Å². The maximum absolute atomic E-state index is 12.1. The van der Waals surface area contributed by atoms with Crippen molar-refractivity contribution in [3.63, 3.8) is 0 Å². The molecule has 0 bridgehead atoms. The zero-order valence-electron chi connectivity index (χ0n) is 13.9. The van der Waals surface area contributed by atoms with E-state index in [4.69, 9.17) is 0 Å². The van der Waals surface area contributed by atoms with Crippen LogP contribution in [0.5, 0.6) is 5.75 Å². The number of aromatic hydroxyl groups is 1. The highest BCUT2D eigenvalue weighted by atomic mass is 16.3. The van der Waals surface area contributed by atoms with Gasteiger partial charge in [0.05, 0.1) is 5.56 Å². The van der Waals surface area contributed by atoms with Gasteiger partial charge in [0.15, 0.2) is 0 Å². The highest BCUT2D eigenvalue weighted by molar-refractivity contribution is 5.98. The molecule has 0 saturated heterocycles. The molecule has 1 aromatic rings. The summed E-state index contributed by atoms with van der Waals surface area (Å²) < 4.78 is 0. The van der Waals surface area contributed by atoms with Gasteiger partial charge in [-0.3, -0.25) is 4.79 Å². The second kappa shape index (κ2) is 6.51. The van der Waals surface area contributed by atoms with Gasteiger partial charge in [-0.15, -0.1) is 0 Å². The van der Waals surface area contributed by atoms with Crippen LogP contribution in [0.2, 0.25) is 0 Å². The van der Waals surface area contributed by atoms with Crippen LogP contribution >= 0.6 is 0 Å². The molecule has 4 heteroatoms. The minimum absolute atomic E-state index is 0.0247. The molecule has 120 valence electrons. The number of hydrogen-bond donors (Lipinski definition) is 2. The van der Waals surface area contributed by atoms with E-state index in [1.54, 1.807) is 25.1 Å². The Labute approximate surface area is 132 Å². The van der Waals surface area contributed by atoms with E-state index >= 15 is 0 Å². The first kappa shape index (κ1) is 16.5. The van der Waals surface area contributed by atoms with Gasteiger partial charge in [-0.1, -0.05) is 32.9 Å². The summed E-state index contributed by atoms with van der Waals surface area (Å²) in [4.78, 5) is 12.1. The van der Waals surface area contributed by atoms with Crippen molar-refractivity contribution in [3.05, 3.63) is 29.3 Å². The summed E-state index contributed by atoms with van der Waals surface area (Å²) in [7, 11) is 0. The Morgan fingerprint density at radius 1 is 1.27 bits per heavy atom. The molecule has 2 N–H and O–H groups in total. The van der Waals surface area contributed by atoms with Crippen molar-refractivity contribution >= 4 is 11.6 Å². The van der Waals surface area contributed by atoms with Gasteiger partial charge in [-0.2, -0.15) is 5.10 Å². The summed E-state index contributed by atoms with van der Waals surface area (Å²) in [6.07, 6.45) is 4.10. The molecule has 0 aliphatic heterocycles. The number of nitrogens with one attached hydrogen (secondary N) is 1. The maximum atomic E-state index is 12.1. The van der Waals surface area contributed by atoms with E-state index in [0.717, 1.165) is 31.4 Å². The molecule has 0 atom stereocenters. The van der Waals surface area contributed by atoms with Crippen LogP contribution < -0.4 is 5.43 Å². The summed E-state index contributed by atoms with van der Waals surface area (Å²) in [6, 6.07) is 5.13. The number of phenolic OH excluding ortho intramolecular Hbond substituents is 1. The summed E-state index contributed by atoms with van der Waals surface area (Å²) >= 11 is 0. The Morgan fingerprint density at radius 2 is 1.91 bits per heavy atom. The predicted molar refractivity (Wildman–Crippen MR) is 89.2 cm³/mol. The van der Waals surface area contributed by atoms with Gasteiger partial charge in [-0.05, 0) is 55.6 Å². The number of aryl methyl sites for hydroxylation is 1. The smallest absolute Gasteiger partial charge is 0.275 e. The fourth-order valence-electron chi connectivity index (χ4n) is 2.96. The first-order chi connectivity index (χ1) is 10.3. The highest BCUT2D eigenvalue weighted by Crippen LogP contribution is 2.36. The molecule has 4 nitrogen and oxygen atoms in total. The average Bonchev–Trinajstić information content (AvgIpc) is 2.47. The van der Waals surface area contributed by atoms with Gasteiger partial charge in [0.2, 0.25) is 0 Å². The molecular formula is C18H26N2O2. The monoisotopic (exact) mass is 302 g/mol. The number of phenols is 1. The molecule has 0 unspecified atom stereocenters. The lowest BCUT2D eigenvalue weighted by atomic mass is 9.72. The van der Waals surface area contributed by atoms with Crippen LogP contribution in [-0.4, -0.2) is 16.7 Å². The SMILES string of the molecule is Cc1cccc(C(=O)NN=C2CCC(C(C)(C)C)CC2)c1O. The molecule has 1 saturated carbocycles. The van der Waals surface area contributed by atoms with Crippen molar-refractivity contribution in [1.29, 1.82) is 0 Å². The van der Waals surface area contributed by atoms with Crippen LogP contribution in [-0.2, 0) is 0 Å². The number of rotatable bonds is 2. The summed E-state index contributed by atoms with van der Waals surface area (Å²) in [6.45, 7) is 8.61. The van der Waals surface area contributed by atoms with Gasteiger partial charge >= 0.3 is 0 Å². The number of para-hydroxylation sites is 1. The molecule has 1 amide bonds. The molecule has 0 heterocycles. The van der Waals surface area contributed by atoms with Gasteiger partial charge in [0.1, 0.15) is 5.75 Å². The number of benzene rings is 1. The first-order valence-electron chi connectivity index (χ1n) is 7.93. The number of hydrazone groups is 1. The standard InChI is InChI=1S/C18H26N2O2/c1-12-6-5-7-15(16(12)21)17(22)20-19-14-10-8-13(9-11-14)18(2,3)4/h5-7,13,21H,8-11H2,1-4H3,(H,20,22). The lowest BCUT2D eigenvalue weighted by Gasteiger charge is -2.34. The molecular weight excluding hydrogens is 276 g/mol. The van der Waals surface area contributed by atoms with E-state index in [1.807, 2.05) is 0 Å². The highest BCUT2D eigenvalue weighted by Gasteiger charge is 2.28. The van der Waals surface area contributed by atoms with E-state index in [9.17, 15) is 9.90 Å². The van der Waals surface area contributed by atoms with Gasteiger partial charge in [0.25, 0.3) is 5.91 Å². The Bertz CT molecular complexity index is 575. The summed E-state index contributed by atoms with van der Waals surface area (Å²) in [5, 5.41) is 14.2. The molecule has 1 aromatic carbocycles. The van der Waals surface area contributed by atoms with E-state index < -0.39 is 0 Å². The van der Waals surface area contributed by atoms with Crippen molar-refractivity contribution in [3.8, 4) is 5.75 Å². The fourth-order valence-corrected chi connectivity index (χ4v) is 2.96. The zero-order valence-corrected chi connectivity index (χ0v) is 13.9. The van der Waals surface area contributed by atoms with Crippen molar-refractivity contribution < 1.29 is 9.90 Å². The predicted octanol–water partition coefficient (Wildman–Crippen LogP) is 4.02. The second-order valence-electron chi connectivity index (χ2n) is 7.23. The van der Waals surface area contributed by atoms with Crippen molar-refractivity contribution in [2.45, 2.75) is 53.4 Å². The number of amides is 1. The third kappa shape index (κ3) is 3.87. The van der Waals surface area contributed by atoms with Crippen LogP contribution in [0.3, 0.4) is 0 Å². The van der Waals surface area contributed by atoms with Gasteiger partial charge < -0.3 is 5.11 Å². The van der Waals surface area contributed by atoms with E-state index in [-0.39, 0.29) is 17.2 Å². The maximum Gasteiger partial charge on any atom is 0.275 e. The Kier molecular flexibility index (Phi) is 4.89. The molecule has 2 rings (SSSR count). The minimum atomic E-state index is -0.355. The largest absolute Gasteiger partial charge is 0.507 e. The molecule has 1 aliphatic carbocycles. The third-order valence-corrected chi connectivity index (χ3v) is 4.59. The molecule has 22 heavy (non-hydrogen) atoms. The fraction of sp³-hybridized carbons (Fsp3) is 0.556. The molecule has 1 fully saturated rings. The van der Waals surface area contributed by atoms with E-state index in [2.05, 4.69) is 31.3 Å². The molecule has 1 aliphatic rings. The summed E-state index contributed by atoms with van der Waals surface area (Å²) in [5.74, 6) is 0.381. The Balaban J connectivity index is 1.96. The van der Waals surface area contributed by atoms with E-state index in [1.165, 1.54) is 0 Å². The lowest BCUT2D eigenvalue weighted by Crippen LogP contribution is -2.27. The van der Waals surface area contributed by atoms with Crippen LogP contribution in [0.15, 0.2) is 23.3 Å². The van der Waals surface area contributed by atoms with Crippen molar-refractivity contribution in [2.24, 2.45) is 16.4 Å². The van der Waals surface area contributed by atoms with Crippen LogP contribution in [0.4, 0.5) is 0 Å². The summed E-state index contributed by atoms with van der Waals surface area (Å²) in [5.41, 5.74) is 4.91. The van der Waals surface area contributed by atoms with Crippen molar-refractivity contribution in [2.75, 3.05) is 0 Å². The lowest BCUT2D eigenvalue weighted by molar-refractivity contribution is 0.0951. The second-order valence-corrected chi connectivity index (χ2v) is 7.23. The third-order valence-electron chi connectivity index (χ3n) is 4.59. The Morgan fingerprint density at radius 3 is 2.50 bits per heavy atom. The topological polar surface area (TPSA) is 61.7 Å². The van der Waals surface area contributed by atoms with E-state index in [0.29, 0.717) is 16.9 Å². The quantitative estimate of drug-likeness (QED) is 0.810. The van der Waals surface area contributed by atoms with Gasteiger partial charge in [0, 0.05) is 5.71 Å². The number of hydrogen-bond acceptors (Lipinski definition) is 3. The van der Waals surface area contributed by atoms with Crippen molar-refractivity contribution in [1.82, 2.24) is 5.43 Å². The molecule has 0 radical (unpaired) electrons. The zero-order chi connectivity index (χ0) is 16.3. The minimum Gasteiger partial charge on any atom is -0.507 e. The molecule has 0 spiro atoms. The molecule has 0 aromatic heterocycles. The number of carbonyl (C=O) groups excluding carboxylic acids is 1. The van der Waals surface area contributed by atoms with Crippen LogP contribution in [0.1, 0.15) is 62.4 Å². The normalized spacial score (nSPS) is 18.9.